The number of anilines is 1. The van der Waals surface area contributed by atoms with E-state index in [2.05, 4.69) is 15.3 Å². The van der Waals surface area contributed by atoms with Crippen molar-refractivity contribution in [3.63, 3.8) is 0 Å². The second-order valence-electron chi connectivity index (χ2n) is 6.58. The average Bonchev–Trinajstić information content (AvgIpc) is 3.02. The van der Waals surface area contributed by atoms with E-state index in [9.17, 15) is 5.11 Å². The average molecular weight is 337 g/mol. The van der Waals surface area contributed by atoms with Crippen molar-refractivity contribution in [2.24, 2.45) is 0 Å². The van der Waals surface area contributed by atoms with Gasteiger partial charge in [0.05, 0.1) is 12.3 Å². The number of aliphatic hydroxyl groups excluding tert-OH is 1. The highest BCUT2D eigenvalue weighted by atomic mass is 16.3. The Morgan fingerprint density at radius 1 is 1.12 bits per heavy atom. The van der Waals surface area contributed by atoms with Crippen LogP contribution in [0.5, 0.6) is 0 Å². The lowest BCUT2D eigenvalue weighted by Gasteiger charge is -2.22. The van der Waals surface area contributed by atoms with E-state index < -0.39 is 0 Å². The van der Waals surface area contributed by atoms with Crippen LogP contribution in [0.2, 0.25) is 0 Å². The van der Waals surface area contributed by atoms with E-state index in [1.54, 1.807) is 12.4 Å². The van der Waals surface area contributed by atoms with Crippen molar-refractivity contribution in [3.05, 3.63) is 36.8 Å². The first-order valence-corrected chi connectivity index (χ1v) is 9.00. The molecule has 0 aliphatic heterocycles. The lowest BCUT2D eigenvalue weighted by atomic mass is 9.96. The molecule has 6 nitrogen and oxygen atoms in total. The van der Waals surface area contributed by atoms with E-state index in [1.807, 2.05) is 29.0 Å². The van der Waals surface area contributed by atoms with Gasteiger partial charge >= 0.3 is 0 Å². The fraction of sp³-hybridized carbons (Fsp3) is 0.421. The van der Waals surface area contributed by atoms with Gasteiger partial charge in [0.2, 0.25) is 5.95 Å². The van der Waals surface area contributed by atoms with Crippen molar-refractivity contribution < 1.29 is 5.11 Å². The van der Waals surface area contributed by atoms with Crippen LogP contribution in [0.3, 0.4) is 0 Å². The highest BCUT2D eigenvalue weighted by Crippen LogP contribution is 2.29. The highest BCUT2D eigenvalue weighted by Gasteiger charge is 2.16. The molecule has 130 valence electrons. The molecule has 2 N–H and O–H groups in total. The Balaban J connectivity index is 1.67. The van der Waals surface area contributed by atoms with Gasteiger partial charge in [-0.25, -0.2) is 15.0 Å². The molecule has 25 heavy (non-hydrogen) atoms. The van der Waals surface area contributed by atoms with Gasteiger partial charge in [0.1, 0.15) is 5.65 Å². The molecular weight excluding hydrogens is 314 g/mol. The van der Waals surface area contributed by atoms with Crippen molar-refractivity contribution in [2.45, 2.75) is 44.7 Å². The number of nitrogens with one attached hydrogen (secondary N) is 1. The maximum absolute atomic E-state index is 9.30. The van der Waals surface area contributed by atoms with Crippen LogP contribution in [-0.4, -0.2) is 37.3 Å². The molecule has 0 unspecified atom stereocenters. The van der Waals surface area contributed by atoms with Gasteiger partial charge in [0, 0.05) is 42.1 Å². The molecule has 0 amide bonds. The predicted molar refractivity (Wildman–Crippen MR) is 98.3 cm³/mol. The van der Waals surface area contributed by atoms with Crippen molar-refractivity contribution >= 4 is 17.0 Å². The Kier molecular flexibility index (Phi) is 4.61. The number of fused-ring (bicyclic) bond motifs is 1. The molecule has 1 saturated carbocycles. The van der Waals surface area contributed by atoms with Crippen LogP contribution in [0, 0.1) is 0 Å². The third kappa shape index (κ3) is 3.35. The number of rotatable bonds is 5. The fourth-order valence-electron chi connectivity index (χ4n) is 3.61. The number of aromatic nitrogens is 4. The van der Waals surface area contributed by atoms with Gasteiger partial charge in [-0.15, -0.1) is 0 Å². The highest BCUT2D eigenvalue weighted by molar-refractivity contribution is 5.93. The summed E-state index contributed by atoms with van der Waals surface area (Å²) >= 11 is 0. The first-order chi connectivity index (χ1) is 12.3. The van der Waals surface area contributed by atoms with E-state index in [0.29, 0.717) is 18.5 Å². The first-order valence-electron chi connectivity index (χ1n) is 9.00. The van der Waals surface area contributed by atoms with Crippen LogP contribution in [-0.2, 0) is 6.54 Å². The van der Waals surface area contributed by atoms with Crippen molar-refractivity contribution in [1.29, 1.82) is 0 Å². The minimum absolute atomic E-state index is 0.0814. The minimum Gasteiger partial charge on any atom is -0.395 e. The summed E-state index contributed by atoms with van der Waals surface area (Å²) in [5, 5.41) is 13.8. The largest absolute Gasteiger partial charge is 0.395 e. The molecule has 0 radical (unpaired) electrons. The van der Waals surface area contributed by atoms with Crippen LogP contribution in [0.4, 0.5) is 5.95 Å². The lowest BCUT2D eigenvalue weighted by molar-refractivity contribution is 0.278. The van der Waals surface area contributed by atoms with Crippen molar-refractivity contribution in [2.75, 3.05) is 11.9 Å². The number of pyridine rings is 1. The van der Waals surface area contributed by atoms with E-state index in [0.717, 1.165) is 22.3 Å². The molecule has 1 fully saturated rings. The molecule has 0 atom stereocenters. The number of nitrogens with zero attached hydrogens (tertiary/aromatic N) is 4. The molecule has 0 spiro atoms. The second kappa shape index (κ2) is 7.19. The van der Waals surface area contributed by atoms with Crippen LogP contribution in [0.25, 0.3) is 22.3 Å². The smallest absolute Gasteiger partial charge is 0.223 e. The summed E-state index contributed by atoms with van der Waals surface area (Å²) < 4.78 is 1.97. The Morgan fingerprint density at radius 3 is 2.84 bits per heavy atom. The zero-order valence-electron chi connectivity index (χ0n) is 14.2. The lowest BCUT2D eigenvalue weighted by Crippen LogP contribution is -2.23. The van der Waals surface area contributed by atoms with Gasteiger partial charge in [-0.05, 0) is 31.0 Å². The number of hydrogen-bond donors (Lipinski definition) is 2. The van der Waals surface area contributed by atoms with Gasteiger partial charge < -0.3 is 15.0 Å². The summed E-state index contributed by atoms with van der Waals surface area (Å²) in [5.41, 5.74) is 2.76. The Morgan fingerprint density at radius 2 is 2.00 bits per heavy atom. The molecule has 3 aromatic rings. The Labute approximate surface area is 147 Å². The molecule has 0 saturated heterocycles. The predicted octanol–water partition coefficient (Wildman–Crippen LogP) is 3.23. The molecule has 6 heteroatoms. The number of hydrogen-bond acceptors (Lipinski definition) is 5. The SMILES string of the molecule is OCCn1cc(-c2ccnc(NC3CCCCC3)n2)c2cccnc21. The van der Waals surface area contributed by atoms with Crippen molar-refractivity contribution in [1.82, 2.24) is 19.5 Å². The molecule has 0 bridgehead atoms. The van der Waals surface area contributed by atoms with E-state index in [-0.39, 0.29) is 6.61 Å². The molecule has 1 aliphatic carbocycles. The van der Waals surface area contributed by atoms with Gasteiger partial charge in [0.25, 0.3) is 0 Å². The quantitative estimate of drug-likeness (QED) is 0.747. The maximum Gasteiger partial charge on any atom is 0.223 e. The molecule has 4 rings (SSSR count). The van der Waals surface area contributed by atoms with Gasteiger partial charge in [-0.1, -0.05) is 19.3 Å². The third-order valence-corrected chi connectivity index (χ3v) is 4.84. The van der Waals surface area contributed by atoms with Crippen LogP contribution >= 0.6 is 0 Å². The second-order valence-corrected chi connectivity index (χ2v) is 6.58. The summed E-state index contributed by atoms with van der Waals surface area (Å²) in [7, 11) is 0. The first kappa shape index (κ1) is 16.0. The zero-order chi connectivity index (χ0) is 17.1. The van der Waals surface area contributed by atoms with E-state index in [4.69, 9.17) is 4.98 Å². The monoisotopic (exact) mass is 337 g/mol. The molecule has 3 aromatic heterocycles. The summed E-state index contributed by atoms with van der Waals surface area (Å²) in [6.45, 7) is 0.601. The third-order valence-electron chi connectivity index (χ3n) is 4.84. The van der Waals surface area contributed by atoms with Crippen LogP contribution in [0.1, 0.15) is 32.1 Å². The Bertz CT molecular complexity index is 854. The fourth-order valence-corrected chi connectivity index (χ4v) is 3.61. The molecular formula is C19H23N5O. The summed E-state index contributed by atoms with van der Waals surface area (Å²) in [5.74, 6) is 0.691. The van der Waals surface area contributed by atoms with Gasteiger partial charge in [0.15, 0.2) is 0 Å². The Hall–Kier alpha value is -2.47. The van der Waals surface area contributed by atoms with Gasteiger partial charge in [-0.3, -0.25) is 0 Å². The van der Waals surface area contributed by atoms with Gasteiger partial charge in [-0.2, -0.15) is 0 Å². The summed E-state index contributed by atoms with van der Waals surface area (Å²) in [6.07, 6.45) is 11.8. The molecule has 0 aromatic carbocycles. The van der Waals surface area contributed by atoms with E-state index >= 15 is 0 Å². The standard InChI is InChI=1S/C19H23N5O/c25-12-11-24-13-16(15-7-4-9-20-18(15)24)17-8-10-21-19(23-17)22-14-5-2-1-3-6-14/h4,7-10,13-14,25H,1-3,5-6,11-12H2,(H,21,22,23). The maximum atomic E-state index is 9.30. The number of aliphatic hydroxyl groups is 1. The van der Waals surface area contributed by atoms with E-state index in [1.165, 1.54) is 32.1 Å². The minimum atomic E-state index is 0.0814. The van der Waals surface area contributed by atoms with Crippen LogP contribution in [0.15, 0.2) is 36.8 Å². The normalized spacial score (nSPS) is 15.6. The molecule has 1 aliphatic rings. The topological polar surface area (TPSA) is 75.9 Å². The van der Waals surface area contributed by atoms with Crippen molar-refractivity contribution in [3.8, 4) is 11.3 Å². The summed E-state index contributed by atoms with van der Waals surface area (Å²) in [4.78, 5) is 13.6. The molecule has 3 heterocycles. The summed E-state index contributed by atoms with van der Waals surface area (Å²) in [6, 6.07) is 6.37. The van der Waals surface area contributed by atoms with Crippen LogP contribution < -0.4 is 5.32 Å². The zero-order valence-corrected chi connectivity index (χ0v) is 14.2.